The third-order valence-corrected chi connectivity index (χ3v) is 8.74. The van der Waals surface area contributed by atoms with E-state index in [1.54, 1.807) is 5.19 Å². The molecule has 1 heterocycles. The van der Waals surface area contributed by atoms with E-state index in [-0.39, 0.29) is 5.41 Å². The first-order valence-electron chi connectivity index (χ1n) is 9.15. The minimum Gasteiger partial charge on any atom is -0.192 e. The maximum Gasteiger partial charge on any atom is 0.135 e. The normalized spacial score (nSPS) is 15.3. The Bertz CT molecular complexity index is 1040. The number of fused-ring (bicyclic) bond motifs is 3. The molecule has 26 heavy (non-hydrogen) atoms. The Morgan fingerprint density at radius 3 is 2.23 bits per heavy atom. The largest absolute Gasteiger partial charge is 0.192 e. The van der Waals surface area contributed by atoms with E-state index >= 15 is 0 Å². The lowest BCUT2D eigenvalue weighted by molar-refractivity contribution is 0.590. The van der Waals surface area contributed by atoms with Crippen LogP contribution in [0.4, 0.5) is 0 Å². The molecule has 0 saturated heterocycles. The molecule has 0 fully saturated rings. The summed E-state index contributed by atoms with van der Waals surface area (Å²) in [6.45, 7) is 9.18. The zero-order chi connectivity index (χ0) is 18.5. The van der Waals surface area contributed by atoms with Crippen molar-refractivity contribution in [3.05, 3.63) is 77.4 Å². The van der Waals surface area contributed by atoms with Crippen molar-refractivity contribution >= 4 is 24.4 Å². The smallest absolute Gasteiger partial charge is 0.135 e. The molecule has 3 aromatic rings. The zero-order valence-electron chi connectivity index (χ0n) is 15.8. The molecule has 0 saturated carbocycles. The van der Waals surface area contributed by atoms with Crippen LogP contribution < -0.4 is 15.6 Å². The van der Waals surface area contributed by atoms with E-state index in [4.69, 9.17) is 0 Å². The Labute approximate surface area is 157 Å². The second kappa shape index (κ2) is 5.97. The minimum absolute atomic E-state index is 0.0928. The van der Waals surface area contributed by atoms with Crippen molar-refractivity contribution in [2.75, 3.05) is 0 Å². The Hall–Kier alpha value is -2.63. The molecule has 1 aliphatic rings. The molecule has 0 aliphatic carbocycles. The van der Waals surface area contributed by atoms with Crippen LogP contribution in [0, 0.1) is 18.3 Å². The van der Waals surface area contributed by atoms with Crippen LogP contribution in [-0.2, 0) is 5.41 Å². The zero-order valence-corrected chi connectivity index (χ0v) is 17.0. The number of aryl methyl sites for hydroxylation is 1. The summed E-state index contributed by atoms with van der Waals surface area (Å²) >= 11 is 0. The molecule has 0 aromatic heterocycles. The third-order valence-electron chi connectivity index (χ3n) is 5.41. The topological polar surface area (TPSA) is 23.8 Å². The fourth-order valence-electron chi connectivity index (χ4n) is 4.52. The van der Waals surface area contributed by atoms with Crippen molar-refractivity contribution in [2.45, 2.75) is 33.1 Å². The molecule has 1 nitrogen and oxygen atoms in total. The van der Waals surface area contributed by atoms with E-state index in [1.807, 2.05) is 6.07 Å². The standard InChI is InChI=1S/C24H23NSi/c1-16-10-12-20-19-13-11-17(15-25)14-21(19)26(18-8-6-5-7-9-18)23(20)22(16)24(2,3)4/h5-14,26H,1-4H3. The molecule has 3 aromatic carbocycles. The number of hydrogen-bond acceptors (Lipinski definition) is 1. The first-order valence-corrected chi connectivity index (χ1v) is 10.9. The van der Waals surface area contributed by atoms with Crippen molar-refractivity contribution in [2.24, 2.45) is 0 Å². The summed E-state index contributed by atoms with van der Waals surface area (Å²) in [5, 5.41) is 13.8. The molecule has 0 bridgehead atoms. The predicted molar refractivity (Wildman–Crippen MR) is 113 cm³/mol. The molecular formula is C24H23NSi. The predicted octanol–water partition coefficient (Wildman–Crippen LogP) is 3.39. The monoisotopic (exact) mass is 353 g/mol. The van der Waals surface area contributed by atoms with Crippen molar-refractivity contribution < 1.29 is 0 Å². The van der Waals surface area contributed by atoms with Crippen molar-refractivity contribution in [3.8, 4) is 17.2 Å². The SMILES string of the molecule is Cc1ccc2c(c1C(C)(C)C)[SiH](c1ccccc1)c1cc(C#N)ccc1-2. The van der Waals surface area contributed by atoms with Gasteiger partial charge in [0, 0.05) is 0 Å². The molecule has 0 N–H and O–H groups in total. The maximum absolute atomic E-state index is 9.44. The number of rotatable bonds is 1. The highest BCUT2D eigenvalue weighted by molar-refractivity contribution is 6.99. The van der Waals surface area contributed by atoms with Crippen LogP contribution in [0.1, 0.15) is 37.5 Å². The molecule has 0 amide bonds. The Morgan fingerprint density at radius 1 is 0.885 bits per heavy atom. The summed E-state index contributed by atoms with van der Waals surface area (Å²) in [5.41, 5.74) is 6.42. The average molecular weight is 354 g/mol. The quantitative estimate of drug-likeness (QED) is 0.481. The van der Waals surface area contributed by atoms with Crippen molar-refractivity contribution in [3.63, 3.8) is 0 Å². The van der Waals surface area contributed by atoms with E-state index in [2.05, 4.69) is 88.4 Å². The summed E-state index contributed by atoms with van der Waals surface area (Å²) in [6, 6.07) is 24.0. The second-order valence-electron chi connectivity index (χ2n) is 8.23. The van der Waals surface area contributed by atoms with E-state index in [0.29, 0.717) is 0 Å². The van der Waals surface area contributed by atoms with Gasteiger partial charge in [-0.1, -0.05) is 74.5 Å². The number of hydrogen-bond donors (Lipinski definition) is 0. The van der Waals surface area contributed by atoms with Gasteiger partial charge in [0.15, 0.2) is 0 Å². The Kier molecular flexibility index (Phi) is 3.86. The summed E-state index contributed by atoms with van der Waals surface area (Å²) in [7, 11) is -1.59. The fourth-order valence-corrected chi connectivity index (χ4v) is 8.55. The third kappa shape index (κ3) is 2.51. The van der Waals surface area contributed by atoms with Crippen LogP contribution in [0.15, 0.2) is 60.7 Å². The first-order chi connectivity index (χ1) is 12.4. The highest BCUT2D eigenvalue weighted by Crippen LogP contribution is 2.32. The molecule has 2 heteroatoms. The molecule has 0 spiro atoms. The van der Waals surface area contributed by atoms with Gasteiger partial charge in [-0.2, -0.15) is 5.26 Å². The molecular weight excluding hydrogens is 330 g/mol. The van der Waals surface area contributed by atoms with Crippen molar-refractivity contribution in [1.29, 1.82) is 5.26 Å². The molecule has 128 valence electrons. The van der Waals surface area contributed by atoms with E-state index in [9.17, 15) is 5.26 Å². The van der Waals surface area contributed by atoms with Gasteiger partial charge in [0.05, 0.1) is 11.6 Å². The highest BCUT2D eigenvalue weighted by atomic mass is 28.3. The maximum atomic E-state index is 9.44. The summed E-state index contributed by atoms with van der Waals surface area (Å²) in [4.78, 5) is 0. The number of nitriles is 1. The summed E-state index contributed by atoms with van der Waals surface area (Å²) < 4.78 is 0. The van der Waals surface area contributed by atoms with Gasteiger partial charge in [0.1, 0.15) is 8.80 Å². The molecule has 1 aliphatic heterocycles. The fraction of sp³-hybridized carbons (Fsp3) is 0.208. The lowest BCUT2D eigenvalue weighted by Crippen LogP contribution is -2.51. The Balaban J connectivity index is 2.10. The van der Waals surface area contributed by atoms with E-state index in [0.717, 1.165) is 5.56 Å². The first kappa shape index (κ1) is 16.8. The lowest BCUT2D eigenvalue weighted by Gasteiger charge is -2.28. The molecule has 1 unspecified atom stereocenters. The highest BCUT2D eigenvalue weighted by Gasteiger charge is 2.36. The van der Waals surface area contributed by atoms with Crippen LogP contribution in [0.2, 0.25) is 0 Å². The van der Waals surface area contributed by atoms with Crippen LogP contribution in [0.5, 0.6) is 0 Å². The Morgan fingerprint density at radius 2 is 1.58 bits per heavy atom. The minimum atomic E-state index is -1.59. The van der Waals surface area contributed by atoms with Gasteiger partial charge < -0.3 is 0 Å². The van der Waals surface area contributed by atoms with Crippen LogP contribution in [-0.4, -0.2) is 8.80 Å². The molecule has 4 rings (SSSR count). The number of nitrogens with zero attached hydrogens (tertiary/aromatic N) is 1. The number of benzene rings is 3. The van der Waals surface area contributed by atoms with Gasteiger partial charge in [-0.25, -0.2) is 0 Å². The van der Waals surface area contributed by atoms with Gasteiger partial charge in [-0.3, -0.25) is 0 Å². The van der Waals surface area contributed by atoms with Gasteiger partial charge in [0.25, 0.3) is 0 Å². The van der Waals surface area contributed by atoms with Crippen molar-refractivity contribution in [1.82, 2.24) is 0 Å². The van der Waals surface area contributed by atoms with Crippen LogP contribution >= 0.6 is 0 Å². The van der Waals surface area contributed by atoms with Gasteiger partial charge in [-0.05, 0) is 57.1 Å². The average Bonchev–Trinajstić information content (AvgIpc) is 2.94. The van der Waals surface area contributed by atoms with Crippen LogP contribution in [0.3, 0.4) is 0 Å². The van der Waals surface area contributed by atoms with E-state index in [1.165, 1.54) is 32.6 Å². The second-order valence-corrected chi connectivity index (χ2v) is 11.0. The molecule has 0 radical (unpaired) electrons. The van der Waals surface area contributed by atoms with Crippen LogP contribution in [0.25, 0.3) is 11.1 Å². The van der Waals surface area contributed by atoms with Gasteiger partial charge in [0.2, 0.25) is 0 Å². The summed E-state index contributed by atoms with van der Waals surface area (Å²) in [6.07, 6.45) is 0. The van der Waals surface area contributed by atoms with Gasteiger partial charge in [-0.15, -0.1) is 0 Å². The lowest BCUT2D eigenvalue weighted by atomic mass is 9.82. The van der Waals surface area contributed by atoms with Gasteiger partial charge >= 0.3 is 0 Å². The summed E-state index contributed by atoms with van der Waals surface area (Å²) in [5.74, 6) is 0. The molecule has 1 atom stereocenters. The van der Waals surface area contributed by atoms with E-state index < -0.39 is 8.80 Å².